The van der Waals surface area contributed by atoms with Crippen LogP contribution in [0.2, 0.25) is 0 Å². The van der Waals surface area contributed by atoms with E-state index in [2.05, 4.69) is 33.0 Å². The number of piperidine rings is 1. The van der Waals surface area contributed by atoms with E-state index in [-0.39, 0.29) is 17.9 Å². The highest BCUT2D eigenvalue weighted by Crippen LogP contribution is 2.31. The first-order chi connectivity index (χ1) is 15.1. The molecular formula is C23H32N4O3S2. The van der Waals surface area contributed by atoms with Gasteiger partial charge in [-0.2, -0.15) is 4.37 Å². The van der Waals surface area contributed by atoms with Crippen molar-refractivity contribution < 1.29 is 13.2 Å². The zero-order valence-electron chi connectivity index (χ0n) is 19.2. The van der Waals surface area contributed by atoms with Gasteiger partial charge in [0.15, 0.2) is 9.84 Å². The summed E-state index contributed by atoms with van der Waals surface area (Å²) in [5.41, 5.74) is 2.00. The van der Waals surface area contributed by atoms with Gasteiger partial charge < -0.3 is 9.80 Å². The van der Waals surface area contributed by atoms with E-state index in [1.165, 1.54) is 17.8 Å². The standard InChI is InChI=1S/C23H32N4O3S2/c1-15(2)21-24-23(31-25-21)26-10-8-19(9-11-26)27-12-7-18(22(27)28)14-17-5-6-20(13-16(17)3)32(4,29)30/h5-6,13,15,18-19H,7-12,14H2,1-4H3. The molecule has 1 amide bonds. The van der Waals surface area contributed by atoms with E-state index in [0.29, 0.717) is 17.2 Å². The molecule has 0 bridgehead atoms. The number of rotatable bonds is 6. The number of carbonyl (C=O) groups is 1. The van der Waals surface area contributed by atoms with Crippen LogP contribution in [-0.2, 0) is 21.1 Å². The third-order valence-corrected chi connectivity index (χ3v) is 8.58. The number of anilines is 1. The lowest BCUT2D eigenvalue weighted by atomic mass is 9.95. The van der Waals surface area contributed by atoms with Crippen molar-refractivity contribution in [1.82, 2.24) is 14.3 Å². The Hall–Kier alpha value is -2.00. The summed E-state index contributed by atoms with van der Waals surface area (Å²) in [7, 11) is -3.22. The lowest BCUT2D eigenvalue weighted by molar-refractivity contribution is -0.133. The summed E-state index contributed by atoms with van der Waals surface area (Å²) in [4.78, 5) is 22.6. The highest BCUT2D eigenvalue weighted by Gasteiger charge is 2.37. The van der Waals surface area contributed by atoms with Gasteiger partial charge >= 0.3 is 0 Å². The smallest absolute Gasteiger partial charge is 0.226 e. The molecule has 2 aliphatic rings. The van der Waals surface area contributed by atoms with Crippen LogP contribution in [0.15, 0.2) is 23.1 Å². The van der Waals surface area contributed by atoms with Crippen molar-refractivity contribution in [2.24, 2.45) is 5.92 Å². The van der Waals surface area contributed by atoms with Crippen LogP contribution < -0.4 is 4.90 Å². The molecule has 0 aliphatic carbocycles. The summed E-state index contributed by atoms with van der Waals surface area (Å²) in [5, 5.41) is 0.991. The molecule has 1 atom stereocenters. The topological polar surface area (TPSA) is 83.5 Å². The van der Waals surface area contributed by atoms with Gasteiger partial charge in [0.05, 0.1) is 4.90 Å². The number of benzene rings is 1. The molecule has 0 saturated carbocycles. The maximum absolute atomic E-state index is 13.2. The van der Waals surface area contributed by atoms with Crippen LogP contribution in [-0.4, -0.2) is 60.5 Å². The molecule has 9 heteroatoms. The van der Waals surface area contributed by atoms with Crippen LogP contribution >= 0.6 is 11.5 Å². The van der Waals surface area contributed by atoms with E-state index >= 15 is 0 Å². The fourth-order valence-corrected chi connectivity index (χ4v) is 6.23. The van der Waals surface area contributed by atoms with Crippen LogP contribution in [0.4, 0.5) is 5.13 Å². The van der Waals surface area contributed by atoms with Crippen LogP contribution in [0.3, 0.4) is 0 Å². The third-order valence-electron chi connectivity index (χ3n) is 6.68. The molecule has 3 heterocycles. The Morgan fingerprint density at radius 1 is 1.16 bits per heavy atom. The average molecular weight is 477 g/mol. The van der Waals surface area contributed by atoms with Crippen LogP contribution in [0.25, 0.3) is 0 Å². The molecule has 4 rings (SSSR count). The predicted molar refractivity (Wildman–Crippen MR) is 127 cm³/mol. The molecule has 2 aromatic rings. The Kier molecular flexibility index (Phi) is 6.58. The summed E-state index contributed by atoms with van der Waals surface area (Å²) >= 11 is 1.47. The lowest BCUT2D eigenvalue weighted by Gasteiger charge is -2.36. The average Bonchev–Trinajstić information content (AvgIpc) is 3.37. The molecule has 2 fully saturated rings. The van der Waals surface area contributed by atoms with Gasteiger partial charge in [-0.15, -0.1) is 0 Å². The summed E-state index contributed by atoms with van der Waals surface area (Å²) in [6, 6.07) is 5.53. The Morgan fingerprint density at radius 2 is 1.88 bits per heavy atom. The first-order valence-corrected chi connectivity index (χ1v) is 14.0. The van der Waals surface area contributed by atoms with Gasteiger partial charge in [-0.05, 0) is 55.9 Å². The van der Waals surface area contributed by atoms with Crippen molar-refractivity contribution in [2.75, 3.05) is 30.8 Å². The molecule has 1 unspecified atom stereocenters. The molecule has 1 aromatic carbocycles. The summed E-state index contributed by atoms with van der Waals surface area (Å²) in [6.07, 6.45) is 4.67. The molecule has 0 spiro atoms. The summed E-state index contributed by atoms with van der Waals surface area (Å²) in [6.45, 7) is 8.75. The van der Waals surface area contributed by atoms with Crippen molar-refractivity contribution in [3.05, 3.63) is 35.2 Å². The first-order valence-electron chi connectivity index (χ1n) is 11.3. The zero-order valence-corrected chi connectivity index (χ0v) is 20.9. The molecule has 1 aromatic heterocycles. The Bertz CT molecular complexity index is 1090. The molecular weight excluding hydrogens is 444 g/mol. The SMILES string of the molecule is Cc1cc(S(C)(=O)=O)ccc1CC1CCN(C2CCN(c3nc(C(C)C)ns3)CC2)C1=O. The van der Waals surface area contributed by atoms with E-state index in [0.717, 1.165) is 61.0 Å². The van der Waals surface area contributed by atoms with E-state index in [1.807, 2.05) is 13.0 Å². The van der Waals surface area contributed by atoms with Gasteiger partial charge in [-0.3, -0.25) is 4.79 Å². The number of aromatic nitrogens is 2. The van der Waals surface area contributed by atoms with Gasteiger partial charge in [0.1, 0.15) is 5.82 Å². The second-order valence-corrected chi connectivity index (χ2v) is 12.1. The normalized spacial score (nSPS) is 20.5. The number of aryl methyl sites for hydroxylation is 1. The monoisotopic (exact) mass is 476 g/mol. The fourth-order valence-electron chi connectivity index (χ4n) is 4.67. The maximum Gasteiger partial charge on any atom is 0.226 e. The van der Waals surface area contributed by atoms with Crippen molar-refractivity contribution in [3.8, 4) is 0 Å². The minimum atomic E-state index is -3.22. The number of hydrogen-bond acceptors (Lipinski definition) is 7. The molecule has 2 saturated heterocycles. The molecule has 2 aliphatic heterocycles. The number of amides is 1. The summed E-state index contributed by atoms with van der Waals surface area (Å²) < 4.78 is 28.0. The number of carbonyl (C=O) groups excluding carboxylic acids is 1. The minimum Gasteiger partial charge on any atom is -0.347 e. The van der Waals surface area contributed by atoms with E-state index < -0.39 is 9.84 Å². The molecule has 32 heavy (non-hydrogen) atoms. The van der Waals surface area contributed by atoms with Gasteiger partial charge in [-0.25, -0.2) is 13.4 Å². The second kappa shape index (κ2) is 9.09. The first kappa shape index (κ1) is 23.2. The molecule has 174 valence electrons. The van der Waals surface area contributed by atoms with Gasteiger partial charge in [0.25, 0.3) is 0 Å². The lowest BCUT2D eigenvalue weighted by Crippen LogP contribution is -2.46. The fraction of sp³-hybridized carbons (Fsp3) is 0.609. The predicted octanol–water partition coefficient (Wildman–Crippen LogP) is 3.43. The van der Waals surface area contributed by atoms with Crippen molar-refractivity contribution >= 4 is 32.4 Å². The Balaban J connectivity index is 1.35. The Labute approximate surface area is 194 Å². The second-order valence-electron chi connectivity index (χ2n) is 9.39. The summed E-state index contributed by atoms with van der Waals surface area (Å²) in [5.74, 6) is 1.47. The van der Waals surface area contributed by atoms with Crippen LogP contribution in [0, 0.1) is 12.8 Å². The minimum absolute atomic E-state index is 0.0208. The Morgan fingerprint density at radius 3 is 2.47 bits per heavy atom. The zero-order chi connectivity index (χ0) is 23.0. The van der Waals surface area contributed by atoms with E-state index in [9.17, 15) is 13.2 Å². The number of likely N-dealkylation sites (tertiary alicyclic amines) is 1. The molecule has 0 radical (unpaired) electrons. The molecule has 0 N–H and O–H groups in total. The van der Waals surface area contributed by atoms with Gasteiger partial charge in [0.2, 0.25) is 11.0 Å². The number of hydrogen-bond donors (Lipinski definition) is 0. The maximum atomic E-state index is 13.2. The van der Waals surface area contributed by atoms with Crippen LogP contribution in [0.5, 0.6) is 0 Å². The van der Waals surface area contributed by atoms with Crippen molar-refractivity contribution in [3.63, 3.8) is 0 Å². The highest BCUT2D eigenvalue weighted by atomic mass is 32.2. The van der Waals surface area contributed by atoms with Crippen molar-refractivity contribution in [1.29, 1.82) is 0 Å². The number of sulfone groups is 1. The van der Waals surface area contributed by atoms with E-state index in [1.54, 1.807) is 12.1 Å². The van der Waals surface area contributed by atoms with Gasteiger partial charge in [0, 0.05) is 55.3 Å². The van der Waals surface area contributed by atoms with Gasteiger partial charge in [-0.1, -0.05) is 19.9 Å². The van der Waals surface area contributed by atoms with Crippen LogP contribution in [0.1, 0.15) is 56.0 Å². The quantitative estimate of drug-likeness (QED) is 0.635. The highest BCUT2D eigenvalue weighted by molar-refractivity contribution is 7.90. The largest absolute Gasteiger partial charge is 0.347 e. The molecule has 7 nitrogen and oxygen atoms in total. The third kappa shape index (κ3) is 4.83. The van der Waals surface area contributed by atoms with Crippen molar-refractivity contribution in [2.45, 2.75) is 63.3 Å². The van der Waals surface area contributed by atoms with E-state index in [4.69, 9.17) is 0 Å². The number of nitrogens with zero attached hydrogens (tertiary/aromatic N) is 4.